The Bertz CT molecular complexity index is 470. The lowest BCUT2D eigenvalue weighted by molar-refractivity contribution is -0.825. The summed E-state index contributed by atoms with van der Waals surface area (Å²) in [6, 6.07) is 21.1. The molecule has 1 N–H and O–H groups in total. The van der Waals surface area contributed by atoms with Crippen LogP contribution in [0.5, 0.6) is 0 Å². The first kappa shape index (κ1) is 19.1. The van der Waals surface area contributed by atoms with E-state index in [0.717, 1.165) is 6.54 Å². The van der Waals surface area contributed by atoms with Crippen LogP contribution in [-0.4, -0.2) is 7.05 Å². The highest BCUT2D eigenvalue weighted by Crippen LogP contribution is 2.01. The highest BCUT2D eigenvalue weighted by atomic mass is 15.1. The van der Waals surface area contributed by atoms with Gasteiger partial charge in [-0.1, -0.05) is 68.0 Å². The zero-order valence-electron chi connectivity index (χ0n) is 14.2. The summed E-state index contributed by atoms with van der Waals surface area (Å²) in [4.78, 5) is 1.42. The molecular weight excluding hydrogens is 254 g/mol. The number of allylic oxidation sites excluding steroid dienone is 1. The Balaban J connectivity index is 0.000000579. The average molecular weight is 284 g/mol. The molecule has 0 heterocycles. The summed E-state index contributed by atoms with van der Waals surface area (Å²) in [7, 11) is 2.20. The molecule has 114 valence electrons. The number of hydrogen-bond acceptors (Lipinski definition) is 0. The van der Waals surface area contributed by atoms with E-state index in [4.69, 9.17) is 0 Å². The zero-order chi connectivity index (χ0) is 16.1. The van der Waals surface area contributed by atoms with E-state index in [1.54, 1.807) is 0 Å². The average Bonchev–Trinajstić information content (AvgIpc) is 2.50. The summed E-state index contributed by atoms with van der Waals surface area (Å²) in [6.45, 7) is 12.5. The summed E-state index contributed by atoms with van der Waals surface area (Å²) in [5.74, 6) is 0. The number of rotatable bonds is 3. The second-order valence-corrected chi connectivity index (χ2v) is 5.02. The topological polar surface area (TPSA) is 4.44 Å². The molecule has 0 bridgehead atoms. The van der Waals surface area contributed by atoms with E-state index >= 15 is 0 Å². The van der Waals surface area contributed by atoms with Crippen LogP contribution in [0, 0.1) is 0 Å². The summed E-state index contributed by atoms with van der Waals surface area (Å²) in [5, 5.41) is 0. The van der Waals surface area contributed by atoms with E-state index in [0.29, 0.717) is 0 Å². The molecular formula is C20H30N+. The predicted octanol–water partition coefficient (Wildman–Crippen LogP) is 4.64. The molecule has 0 fully saturated rings. The number of benzene rings is 2. The van der Waals surface area contributed by atoms with Gasteiger partial charge in [-0.25, -0.2) is 0 Å². The van der Waals surface area contributed by atoms with Crippen LogP contribution in [0.3, 0.4) is 0 Å². The van der Waals surface area contributed by atoms with Gasteiger partial charge >= 0.3 is 0 Å². The van der Waals surface area contributed by atoms with Gasteiger partial charge in [0.25, 0.3) is 0 Å². The Morgan fingerprint density at radius 1 is 0.857 bits per heavy atom. The van der Waals surface area contributed by atoms with Gasteiger partial charge in [-0.2, -0.15) is 0 Å². The van der Waals surface area contributed by atoms with Crippen LogP contribution in [0.1, 0.15) is 33.3 Å². The first-order valence-electron chi connectivity index (χ1n) is 7.63. The highest BCUT2D eigenvalue weighted by Gasteiger charge is 2.05. The number of nitrogens with one attached hydrogen (secondary N) is 1. The van der Waals surface area contributed by atoms with Crippen LogP contribution in [0.15, 0.2) is 72.8 Å². The van der Waals surface area contributed by atoms with E-state index in [9.17, 15) is 0 Å². The molecule has 1 atom stereocenters. The SMILES string of the molecule is C=C(C)C.CC.C[NH+](Cc1ccccc1)c1ccccc1. The lowest BCUT2D eigenvalue weighted by atomic mass is 10.2. The molecule has 0 aliphatic heterocycles. The van der Waals surface area contributed by atoms with Crippen LogP contribution in [-0.2, 0) is 6.54 Å². The summed E-state index contributed by atoms with van der Waals surface area (Å²) < 4.78 is 0. The van der Waals surface area contributed by atoms with Crippen molar-refractivity contribution < 1.29 is 4.90 Å². The third kappa shape index (κ3) is 9.64. The molecule has 1 nitrogen and oxygen atoms in total. The minimum Gasteiger partial charge on any atom is -0.301 e. The fourth-order valence-corrected chi connectivity index (χ4v) is 1.73. The summed E-state index contributed by atoms with van der Waals surface area (Å²) in [6.07, 6.45) is 0. The normalized spacial score (nSPS) is 10.3. The van der Waals surface area contributed by atoms with Crippen molar-refractivity contribution >= 4 is 5.69 Å². The van der Waals surface area contributed by atoms with Crippen LogP contribution in [0.25, 0.3) is 0 Å². The van der Waals surface area contributed by atoms with Gasteiger partial charge in [0.05, 0.1) is 7.05 Å². The fourth-order valence-electron chi connectivity index (χ4n) is 1.73. The predicted molar refractivity (Wildman–Crippen MR) is 95.0 cm³/mol. The first-order chi connectivity index (χ1) is 10.1. The smallest absolute Gasteiger partial charge is 0.131 e. The van der Waals surface area contributed by atoms with Gasteiger partial charge in [-0.3, -0.25) is 0 Å². The second kappa shape index (κ2) is 11.9. The van der Waals surface area contributed by atoms with Crippen LogP contribution >= 0.6 is 0 Å². The molecule has 0 spiro atoms. The second-order valence-electron chi connectivity index (χ2n) is 5.02. The number of para-hydroxylation sites is 1. The molecule has 0 aliphatic rings. The maximum atomic E-state index is 3.56. The van der Waals surface area contributed by atoms with Crippen molar-refractivity contribution in [2.24, 2.45) is 0 Å². The lowest BCUT2D eigenvalue weighted by Crippen LogP contribution is -3.02. The van der Waals surface area contributed by atoms with Gasteiger partial charge in [-0.05, 0) is 26.0 Å². The van der Waals surface area contributed by atoms with Crippen molar-refractivity contribution in [3.8, 4) is 0 Å². The van der Waals surface area contributed by atoms with E-state index in [1.165, 1.54) is 21.7 Å². The van der Waals surface area contributed by atoms with E-state index < -0.39 is 0 Å². The minimum absolute atomic E-state index is 1.03. The third-order valence-corrected chi connectivity index (χ3v) is 2.58. The van der Waals surface area contributed by atoms with Crippen LogP contribution in [0.2, 0.25) is 0 Å². The van der Waals surface area contributed by atoms with Crippen LogP contribution < -0.4 is 4.90 Å². The summed E-state index contributed by atoms with van der Waals surface area (Å²) >= 11 is 0. The largest absolute Gasteiger partial charge is 0.301 e. The Morgan fingerprint density at radius 2 is 1.24 bits per heavy atom. The fraction of sp³-hybridized carbons (Fsp3) is 0.300. The summed E-state index contributed by atoms with van der Waals surface area (Å²) in [5.41, 5.74) is 3.88. The molecule has 2 rings (SSSR count). The molecule has 2 aromatic rings. The van der Waals surface area contributed by atoms with Crippen molar-refractivity contribution in [3.63, 3.8) is 0 Å². The molecule has 0 amide bonds. The zero-order valence-corrected chi connectivity index (χ0v) is 14.2. The van der Waals surface area contributed by atoms with Gasteiger partial charge in [0.2, 0.25) is 0 Å². The molecule has 1 heteroatoms. The van der Waals surface area contributed by atoms with Crippen LogP contribution in [0.4, 0.5) is 5.69 Å². The molecule has 0 aliphatic carbocycles. The number of quaternary nitrogens is 1. The molecule has 21 heavy (non-hydrogen) atoms. The standard InChI is InChI=1S/C14H15N.C4H8.C2H6/c1-15(14-10-6-3-7-11-14)12-13-8-4-2-5-9-13;1-4(2)3;1-2/h2-11H,12H2,1H3;1H2,2-3H3;1-2H3/p+1. The molecule has 0 radical (unpaired) electrons. The Kier molecular flexibility index (Phi) is 10.9. The van der Waals surface area contributed by atoms with Gasteiger partial charge in [-0.15, -0.1) is 6.58 Å². The lowest BCUT2D eigenvalue weighted by Gasteiger charge is -2.13. The highest BCUT2D eigenvalue weighted by molar-refractivity contribution is 5.28. The van der Waals surface area contributed by atoms with Gasteiger partial charge in [0, 0.05) is 5.56 Å². The van der Waals surface area contributed by atoms with E-state index in [2.05, 4.69) is 74.3 Å². The maximum Gasteiger partial charge on any atom is 0.131 e. The van der Waals surface area contributed by atoms with Gasteiger partial charge in [0.15, 0.2) is 0 Å². The molecule has 0 saturated heterocycles. The van der Waals surface area contributed by atoms with Gasteiger partial charge in [0.1, 0.15) is 12.2 Å². The molecule has 1 unspecified atom stereocenters. The van der Waals surface area contributed by atoms with Crippen molar-refractivity contribution in [1.82, 2.24) is 0 Å². The minimum atomic E-state index is 1.03. The molecule has 2 aromatic carbocycles. The quantitative estimate of drug-likeness (QED) is 0.783. The van der Waals surface area contributed by atoms with Crippen molar-refractivity contribution in [1.29, 1.82) is 0 Å². The van der Waals surface area contributed by atoms with Crippen molar-refractivity contribution in [2.75, 3.05) is 7.05 Å². The van der Waals surface area contributed by atoms with Gasteiger partial charge < -0.3 is 4.90 Å². The Labute approximate surface area is 130 Å². The van der Waals surface area contributed by atoms with Crippen molar-refractivity contribution in [2.45, 2.75) is 34.2 Å². The van der Waals surface area contributed by atoms with E-state index in [1.807, 2.05) is 27.7 Å². The molecule has 0 saturated carbocycles. The van der Waals surface area contributed by atoms with Crippen molar-refractivity contribution in [3.05, 3.63) is 78.4 Å². The Hall–Kier alpha value is -1.86. The maximum absolute atomic E-state index is 3.56. The molecule has 0 aromatic heterocycles. The Morgan fingerprint density at radius 3 is 1.67 bits per heavy atom. The monoisotopic (exact) mass is 284 g/mol. The first-order valence-corrected chi connectivity index (χ1v) is 7.63. The third-order valence-electron chi connectivity index (χ3n) is 2.58. The number of hydrogen-bond donors (Lipinski definition) is 1. The van der Waals surface area contributed by atoms with E-state index in [-0.39, 0.29) is 0 Å².